The van der Waals surface area contributed by atoms with E-state index in [0.29, 0.717) is 30.9 Å². The van der Waals surface area contributed by atoms with Crippen molar-refractivity contribution in [1.82, 2.24) is 29.3 Å². The van der Waals surface area contributed by atoms with Gasteiger partial charge in [-0.05, 0) is 50.0 Å². The van der Waals surface area contributed by atoms with Crippen molar-refractivity contribution >= 4 is 16.1 Å². The Morgan fingerprint density at radius 3 is 2.27 bits per heavy atom. The molecule has 0 aliphatic heterocycles. The molecule has 0 unspecified atom stereocenters. The van der Waals surface area contributed by atoms with Crippen LogP contribution in [0, 0.1) is 0 Å². The van der Waals surface area contributed by atoms with Crippen LogP contribution in [-0.2, 0) is 41.4 Å². The number of benzene rings is 2. The van der Waals surface area contributed by atoms with Crippen molar-refractivity contribution < 1.29 is 17.9 Å². The van der Waals surface area contributed by atoms with Crippen LogP contribution < -0.4 is 4.72 Å². The molecule has 0 fully saturated rings. The Bertz CT molecular complexity index is 1280. The number of carbonyl (C=O) groups is 1. The fourth-order valence-corrected chi connectivity index (χ4v) is 5.60. The van der Waals surface area contributed by atoms with Gasteiger partial charge in [-0.1, -0.05) is 74.5 Å². The highest BCUT2D eigenvalue weighted by Gasteiger charge is 2.25. The first-order valence-corrected chi connectivity index (χ1v) is 15.4. The molecular formula is C29H42N6O4S. The second-order valence-electron chi connectivity index (χ2n) is 9.80. The van der Waals surface area contributed by atoms with E-state index in [4.69, 9.17) is 4.74 Å². The first-order valence-electron chi connectivity index (χ1n) is 13.8. The monoisotopic (exact) mass is 570 g/mol. The fourth-order valence-electron chi connectivity index (χ4n) is 4.32. The van der Waals surface area contributed by atoms with Crippen molar-refractivity contribution in [2.45, 2.75) is 52.3 Å². The summed E-state index contributed by atoms with van der Waals surface area (Å²) < 4.78 is 36.0. The normalized spacial score (nSPS) is 12.4. The molecule has 11 heteroatoms. The molecule has 0 aliphatic rings. The first-order chi connectivity index (χ1) is 19.2. The highest BCUT2D eigenvalue weighted by atomic mass is 32.2. The minimum absolute atomic E-state index is 0.0288. The Hall–Kier alpha value is -3.28. The molecule has 0 aliphatic carbocycles. The van der Waals surface area contributed by atoms with Gasteiger partial charge in [-0.15, -0.1) is 0 Å². The zero-order valence-electron chi connectivity index (χ0n) is 24.0. The number of amides is 1. The van der Waals surface area contributed by atoms with Crippen LogP contribution in [0.1, 0.15) is 55.5 Å². The van der Waals surface area contributed by atoms with Gasteiger partial charge in [0.2, 0.25) is 10.0 Å². The first kappa shape index (κ1) is 31.3. The number of aromatic nitrogens is 3. The quantitative estimate of drug-likeness (QED) is 0.278. The maximum atomic E-state index is 13.1. The lowest BCUT2D eigenvalue weighted by Gasteiger charge is -2.19. The SMILES string of the molecule is CCN(CC)CCCS(=O)(=O)N[C@H](CCc1ccccc1)c1nc(CN(C)C(=O)OCc2ccccc2)n(C)n1. The van der Waals surface area contributed by atoms with Crippen molar-refractivity contribution in [2.24, 2.45) is 7.05 Å². The average molecular weight is 571 g/mol. The number of rotatable bonds is 16. The molecule has 0 saturated heterocycles. The summed E-state index contributed by atoms with van der Waals surface area (Å²) in [5, 5.41) is 4.54. The molecule has 0 spiro atoms. The third kappa shape index (κ3) is 10.0. The Balaban J connectivity index is 1.68. The van der Waals surface area contributed by atoms with Crippen molar-refractivity contribution in [3.63, 3.8) is 0 Å². The summed E-state index contributed by atoms with van der Waals surface area (Å²) in [6.07, 6.45) is 1.21. The summed E-state index contributed by atoms with van der Waals surface area (Å²) >= 11 is 0. The van der Waals surface area contributed by atoms with E-state index in [0.717, 1.165) is 30.8 Å². The lowest BCUT2D eigenvalue weighted by molar-refractivity contribution is 0.101. The fraction of sp³-hybridized carbons (Fsp3) is 0.483. The molecule has 1 aromatic heterocycles. The standard InChI is InChI=1S/C29H42N6O4S/c1-5-35(6-2)20-13-21-40(37,38)32-26(19-18-24-14-9-7-10-15-24)28-30-27(34(4)31-28)22-33(3)29(36)39-23-25-16-11-8-12-17-25/h7-12,14-17,26,32H,5-6,13,18-23H2,1-4H3/t26-/m1/s1. The van der Waals surface area contributed by atoms with E-state index in [-0.39, 0.29) is 18.9 Å². The molecule has 218 valence electrons. The number of sulfonamides is 1. The number of hydrogen-bond donors (Lipinski definition) is 1. The number of nitrogens with zero attached hydrogens (tertiary/aromatic N) is 5. The number of hydrogen-bond acceptors (Lipinski definition) is 7. The molecule has 3 aromatic rings. The molecule has 1 N–H and O–H groups in total. The van der Waals surface area contributed by atoms with Gasteiger partial charge in [0.05, 0.1) is 18.3 Å². The second kappa shape index (κ2) is 15.5. The van der Waals surface area contributed by atoms with Crippen LogP contribution in [0.25, 0.3) is 0 Å². The molecule has 40 heavy (non-hydrogen) atoms. The van der Waals surface area contributed by atoms with Crippen LogP contribution >= 0.6 is 0 Å². The predicted octanol–water partition coefficient (Wildman–Crippen LogP) is 3.91. The average Bonchev–Trinajstić information content (AvgIpc) is 3.32. The molecule has 1 atom stereocenters. The van der Waals surface area contributed by atoms with Crippen LogP contribution in [0.2, 0.25) is 0 Å². The second-order valence-corrected chi connectivity index (χ2v) is 11.7. The maximum Gasteiger partial charge on any atom is 0.410 e. The van der Waals surface area contributed by atoms with Gasteiger partial charge in [0.25, 0.3) is 0 Å². The third-order valence-corrected chi connectivity index (χ3v) is 8.21. The lowest BCUT2D eigenvalue weighted by atomic mass is 10.1. The van der Waals surface area contributed by atoms with E-state index in [1.54, 1.807) is 18.8 Å². The zero-order chi connectivity index (χ0) is 29.0. The van der Waals surface area contributed by atoms with E-state index < -0.39 is 22.2 Å². The van der Waals surface area contributed by atoms with Gasteiger partial charge in [-0.2, -0.15) is 5.10 Å². The smallest absolute Gasteiger partial charge is 0.410 e. The highest BCUT2D eigenvalue weighted by molar-refractivity contribution is 7.89. The van der Waals surface area contributed by atoms with Gasteiger partial charge in [0.15, 0.2) is 5.82 Å². The number of aryl methyl sites for hydroxylation is 2. The summed E-state index contributed by atoms with van der Waals surface area (Å²) in [4.78, 5) is 20.8. The van der Waals surface area contributed by atoms with Gasteiger partial charge in [-0.3, -0.25) is 4.68 Å². The molecule has 3 rings (SSSR count). The predicted molar refractivity (Wildman–Crippen MR) is 156 cm³/mol. The van der Waals surface area contributed by atoms with Crippen molar-refractivity contribution in [2.75, 3.05) is 32.4 Å². The maximum absolute atomic E-state index is 13.1. The van der Waals surface area contributed by atoms with Crippen LogP contribution in [0.3, 0.4) is 0 Å². The van der Waals surface area contributed by atoms with Crippen molar-refractivity contribution in [3.05, 3.63) is 83.4 Å². The van der Waals surface area contributed by atoms with Gasteiger partial charge in [-0.25, -0.2) is 22.9 Å². The lowest BCUT2D eigenvalue weighted by Crippen LogP contribution is -2.33. The Kier molecular flexibility index (Phi) is 12.1. The molecule has 0 bridgehead atoms. The molecule has 0 radical (unpaired) electrons. The topological polar surface area (TPSA) is 110 Å². The van der Waals surface area contributed by atoms with E-state index >= 15 is 0 Å². The summed E-state index contributed by atoms with van der Waals surface area (Å²) in [5.41, 5.74) is 2.00. The van der Waals surface area contributed by atoms with Gasteiger partial charge in [0.1, 0.15) is 12.4 Å². The highest BCUT2D eigenvalue weighted by Crippen LogP contribution is 2.19. The number of nitrogens with one attached hydrogen (secondary N) is 1. The van der Waals surface area contributed by atoms with Crippen molar-refractivity contribution in [1.29, 1.82) is 0 Å². The van der Waals surface area contributed by atoms with E-state index in [1.807, 2.05) is 60.7 Å². The van der Waals surface area contributed by atoms with E-state index in [2.05, 4.69) is 33.6 Å². The summed E-state index contributed by atoms with van der Waals surface area (Å²) in [5.74, 6) is 0.937. The molecule has 0 saturated carbocycles. The number of carbonyl (C=O) groups excluding carboxylic acids is 1. The molecule has 1 heterocycles. The Morgan fingerprint density at radius 1 is 1.02 bits per heavy atom. The summed E-state index contributed by atoms with van der Waals surface area (Å²) in [6, 6.07) is 18.8. The van der Waals surface area contributed by atoms with E-state index in [9.17, 15) is 13.2 Å². The van der Waals surface area contributed by atoms with Crippen LogP contribution in [0.15, 0.2) is 60.7 Å². The molecule has 1 amide bonds. The minimum atomic E-state index is -3.57. The van der Waals surface area contributed by atoms with Crippen LogP contribution in [-0.4, -0.2) is 71.5 Å². The Morgan fingerprint density at radius 2 is 1.65 bits per heavy atom. The van der Waals surface area contributed by atoms with Crippen LogP contribution in [0.5, 0.6) is 0 Å². The van der Waals surface area contributed by atoms with E-state index in [1.165, 1.54) is 4.90 Å². The Labute approximate surface area is 238 Å². The summed E-state index contributed by atoms with van der Waals surface area (Å²) in [7, 11) is -0.200. The van der Waals surface area contributed by atoms with Crippen LogP contribution in [0.4, 0.5) is 4.79 Å². The minimum Gasteiger partial charge on any atom is -0.445 e. The van der Waals surface area contributed by atoms with Crippen molar-refractivity contribution in [3.8, 4) is 0 Å². The number of ether oxygens (including phenoxy) is 1. The zero-order valence-corrected chi connectivity index (χ0v) is 24.8. The van der Waals surface area contributed by atoms with Gasteiger partial charge in [0, 0.05) is 14.1 Å². The molecule has 2 aromatic carbocycles. The largest absolute Gasteiger partial charge is 0.445 e. The van der Waals surface area contributed by atoms with Gasteiger partial charge < -0.3 is 14.5 Å². The summed E-state index contributed by atoms with van der Waals surface area (Å²) in [6.45, 7) is 6.98. The third-order valence-electron chi connectivity index (χ3n) is 6.74. The molecule has 10 nitrogen and oxygen atoms in total. The van der Waals surface area contributed by atoms with Gasteiger partial charge >= 0.3 is 6.09 Å². The molecular weight excluding hydrogens is 528 g/mol.